The molecular weight excluding hydrogens is 338 g/mol. The van der Waals surface area contributed by atoms with Crippen LogP contribution in [0.15, 0.2) is 35.7 Å². The van der Waals surface area contributed by atoms with Crippen molar-refractivity contribution < 1.29 is 28.7 Å². The third-order valence-corrected chi connectivity index (χ3v) is 6.67. The first-order valence-electron chi connectivity index (χ1n) is 5.56. The van der Waals surface area contributed by atoms with E-state index in [2.05, 4.69) is 10.3 Å². The second kappa shape index (κ2) is 5.98. The Morgan fingerprint density at radius 1 is 1.05 bits per heavy atom. The first kappa shape index (κ1) is 16.3. The minimum atomic E-state index is -5.05. The Kier molecular flexibility index (Phi) is 4.65. The first-order chi connectivity index (χ1) is 9.68. The summed E-state index contributed by atoms with van der Waals surface area (Å²) in [5.41, 5.74) is -1.79. The first-order valence-corrected chi connectivity index (χ1v) is 9.80. The van der Waals surface area contributed by atoms with Gasteiger partial charge in [0.1, 0.15) is 5.82 Å². The monoisotopic (exact) mass is 350 g/mol. The molecule has 2 heterocycles. The molecule has 0 radical (unpaired) electrons. The third kappa shape index (κ3) is 4.21. The van der Waals surface area contributed by atoms with Crippen LogP contribution in [-0.4, -0.2) is 30.1 Å². The van der Waals surface area contributed by atoms with Crippen LogP contribution >= 0.6 is 26.5 Å². The molecule has 0 aliphatic carbocycles. The van der Waals surface area contributed by atoms with Gasteiger partial charge < -0.3 is 24.9 Å². The third-order valence-electron chi connectivity index (χ3n) is 2.44. The number of rotatable bonds is 5. The number of nitrogens with zero attached hydrogens (tertiary/aromatic N) is 1. The van der Waals surface area contributed by atoms with Crippen molar-refractivity contribution >= 4 is 32.3 Å². The Morgan fingerprint density at radius 3 is 2.24 bits per heavy atom. The predicted molar refractivity (Wildman–Crippen MR) is 79.0 cm³/mol. The van der Waals surface area contributed by atoms with Gasteiger partial charge in [0.15, 0.2) is 0 Å². The summed E-state index contributed by atoms with van der Waals surface area (Å²) in [5.74, 6) is -0.0300. The van der Waals surface area contributed by atoms with E-state index < -0.39 is 20.7 Å². The van der Waals surface area contributed by atoms with Crippen molar-refractivity contribution in [3.8, 4) is 10.6 Å². The molecule has 0 saturated carbocycles. The van der Waals surface area contributed by atoms with E-state index in [1.54, 1.807) is 18.2 Å². The lowest BCUT2D eigenvalue weighted by Crippen LogP contribution is -2.20. The molecule has 0 atom stereocenters. The Hall–Kier alpha value is -1.05. The fourth-order valence-corrected chi connectivity index (χ4v) is 4.44. The van der Waals surface area contributed by atoms with Gasteiger partial charge in [-0.3, -0.25) is 9.13 Å². The average Bonchev–Trinajstić information content (AvgIpc) is 2.87. The second-order valence-electron chi connectivity index (χ2n) is 4.08. The Labute approximate surface area is 123 Å². The van der Waals surface area contributed by atoms with Gasteiger partial charge >= 0.3 is 15.2 Å². The summed E-state index contributed by atoms with van der Waals surface area (Å²) in [6, 6.07) is 8.24. The molecule has 8 nitrogen and oxygen atoms in total. The van der Waals surface area contributed by atoms with Crippen molar-refractivity contribution in [2.45, 2.75) is 5.52 Å². The highest BCUT2D eigenvalue weighted by molar-refractivity contribution is 7.71. The molecule has 0 fully saturated rings. The summed E-state index contributed by atoms with van der Waals surface area (Å²) in [4.78, 5) is 41.1. The van der Waals surface area contributed by atoms with Crippen molar-refractivity contribution in [2.75, 3.05) is 5.32 Å². The van der Waals surface area contributed by atoms with Crippen LogP contribution in [0.1, 0.15) is 0 Å². The smallest absolute Gasteiger partial charge is 0.346 e. The number of pyridine rings is 1. The average molecular weight is 350 g/mol. The minimum Gasteiger partial charge on any atom is -0.346 e. The van der Waals surface area contributed by atoms with E-state index in [4.69, 9.17) is 19.6 Å². The van der Waals surface area contributed by atoms with Crippen LogP contribution in [0.25, 0.3) is 10.6 Å². The molecule has 0 aromatic carbocycles. The Bertz CT molecular complexity index is 688. The van der Waals surface area contributed by atoms with E-state index in [9.17, 15) is 9.13 Å². The number of thiophene rings is 1. The van der Waals surface area contributed by atoms with Crippen LogP contribution in [0.4, 0.5) is 5.82 Å². The van der Waals surface area contributed by atoms with Gasteiger partial charge in [-0.05, 0) is 23.6 Å². The molecule has 0 unspecified atom stereocenters. The summed E-state index contributed by atoms with van der Waals surface area (Å²) in [5, 5.41) is 3.97. The molecule has 0 spiro atoms. The molecule has 0 bridgehead atoms. The topological polar surface area (TPSA) is 140 Å². The van der Waals surface area contributed by atoms with Crippen LogP contribution in [0.5, 0.6) is 0 Å². The lowest BCUT2D eigenvalue weighted by molar-refractivity contribution is 0.343. The van der Waals surface area contributed by atoms with E-state index in [1.165, 1.54) is 17.4 Å². The molecule has 21 heavy (non-hydrogen) atoms. The highest BCUT2D eigenvalue weighted by Crippen LogP contribution is 2.59. The van der Waals surface area contributed by atoms with Crippen molar-refractivity contribution in [2.24, 2.45) is 0 Å². The lowest BCUT2D eigenvalue weighted by Gasteiger charge is -2.21. The normalized spacial score (nSPS) is 12.6. The van der Waals surface area contributed by atoms with Gasteiger partial charge in [0, 0.05) is 0 Å². The van der Waals surface area contributed by atoms with Crippen molar-refractivity contribution in [1.82, 2.24) is 4.98 Å². The Balaban J connectivity index is 2.32. The SMILES string of the molecule is O=P(O)(O)C(Nc1cccc(-c2cccs2)n1)P(=O)(O)O. The van der Waals surface area contributed by atoms with Crippen LogP contribution in [0.3, 0.4) is 0 Å². The molecule has 11 heteroatoms. The maximum atomic E-state index is 11.2. The molecule has 0 aliphatic heterocycles. The minimum absolute atomic E-state index is 0.0300. The quantitative estimate of drug-likeness (QED) is 0.515. The summed E-state index contributed by atoms with van der Waals surface area (Å²) < 4.78 is 22.4. The molecule has 0 amide bonds. The second-order valence-corrected chi connectivity index (χ2v) is 8.83. The van der Waals surface area contributed by atoms with Gasteiger partial charge in [-0.2, -0.15) is 0 Å². The van der Waals surface area contributed by atoms with Crippen LogP contribution in [0.2, 0.25) is 0 Å². The van der Waals surface area contributed by atoms with Gasteiger partial charge in [0.05, 0.1) is 10.6 Å². The molecule has 5 N–H and O–H groups in total. The van der Waals surface area contributed by atoms with Gasteiger partial charge in [-0.25, -0.2) is 4.98 Å². The maximum Gasteiger partial charge on any atom is 0.360 e. The van der Waals surface area contributed by atoms with Crippen LogP contribution in [-0.2, 0) is 9.13 Å². The van der Waals surface area contributed by atoms with Crippen LogP contribution < -0.4 is 5.32 Å². The van der Waals surface area contributed by atoms with E-state index in [1.807, 2.05) is 11.4 Å². The van der Waals surface area contributed by atoms with Gasteiger partial charge in [0.2, 0.25) is 5.52 Å². The molecular formula is C10H12N2O6P2S. The molecule has 0 saturated heterocycles. The predicted octanol–water partition coefficient (Wildman–Crippen LogP) is 1.86. The number of aromatic nitrogens is 1. The molecule has 2 aromatic rings. The number of nitrogens with one attached hydrogen (secondary N) is 1. The molecule has 114 valence electrons. The highest BCUT2D eigenvalue weighted by Gasteiger charge is 2.43. The summed E-state index contributed by atoms with van der Waals surface area (Å²) >= 11 is 1.42. The Morgan fingerprint density at radius 2 is 1.71 bits per heavy atom. The fourth-order valence-electron chi connectivity index (χ4n) is 1.57. The molecule has 0 aliphatic rings. The summed E-state index contributed by atoms with van der Waals surface area (Å²) in [7, 11) is -10.1. The number of hydrogen-bond acceptors (Lipinski definition) is 5. The maximum absolute atomic E-state index is 11.2. The van der Waals surface area contributed by atoms with Gasteiger partial charge in [-0.1, -0.05) is 12.1 Å². The van der Waals surface area contributed by atoms with E-state index in [0.29, 0.717) is 5.69 Å². The zero-order valence-electron chi connectivity index (χ0n) is 10.4. The van der Waals surface area contributed by atoms with Gasteiger partial charge in [0.25, 0.3) is 0 Å². The zero-order valence-corrected chi connectivity index (χ0v) is 13.0. The largest absolute Gasteiger partial charge is 0.360 e. The number of anilines is 1. The van der Waals surface area contributed by atoms with Gasteiger partial charge in [-0.15, -0.1) is 11.3 Å². The zero-order chi connectivity index (χ0) is 15.7. The van der Waals surface area contributed by atoms with E-state index in [-0.39, 0.29) is 5.82 Å². The lowest BCUT2D eigenvalue weighted by atomic mass is 10.3. The van der Waals surface area contributed by atoms with E-state index >= 15 is 0 Å². The summed E-state index contributed by atoms with van der Waals surface area (Å²) in [6.07, 6.45) is 0. The van der Waals surface area contributed by atoms with E-state index in [0.717, 1.165) is 4.88 Å². The highest BCUT2D eigenvalue weighted by atomic mass is 32.1. The summed E-state index contributed by atoms with van der Waals surface area (Å²) in [6.45, 7) is 0. The standard InChI is InChI=1S/C10H12N2O6P2S/c13-19(14,15)10(20(16,17)18)12-9-5-1-3-7(11-9)8-4-2-6-21-8/h1-6,10H,(H,11,12)(H2,13,14,15)(H2,16,17,18). The number of hydrogen-bond donors (Lipinski definition) is 5. The van der Waals surface area contributed by atoms with Crippen molar-refractivity contribution in [3.05, 3.63) is 35.7 Å². The van der Waals surface area contributed by atoms with Crippen molar-refractivity contribution in [3.63, 3.8) is 0 Å². The van der Waals surface area contributed by atoms with Crippen molar-refractivity contribution in [1.29, 1.82) is 0 Å². The molecule has 2 rings (SSSR count). The van der Waals surface area contributed by atoms with Crippen LogP contribution in [0, 0.1) is 0 Å². The fraction of sp³-hybridized carbons (Fsp3) is 0.100. The molecule has 2 aromatic heterocycles.